The lowest BCUT2D eigenvalue weighted by Crippen LogP contribution is -2.30. The average Bonchev–Trinajstić information content (AvgIpc) is 3.09. The Hall–Kier alpha value is -2.80. The monoisotopic (exact) mass is 420 g/mol. The van der Waals surface area contributed by atoms with E-state index >= 15 is 0 Å². The minimum atomic E-state index is -0.611. The zero-order valence-corrected chi connectivity index (χ0v) is 17.0. The third-order valence-corrected chi connectivity index (χ3v) is 5.13. The van der Waals surface area contributed by atoms with Crippen LogP contribution in [-0.2, 0) is 16.0 Å². The first-order chi connectivity index (χ1) is 13.9. The van der Waals surface area contributed by atoms with Crippen LogP contribution in [0.5, 0.6) is 11.5 Å². The van der Waals surface area contributed by atoms with Crippen molar-refractivity contribution in [2.45, 2.75) is 12.8 Å². The number of anilines is 1. The highest BCUT2D eigenvalue weighted by atomic mass is 35.5. The van der Waals surface area contributed by atoms with E-state index in [-0.39, 0.29) is 28.9 Å². The lowest BCUT2D eigenvalue weighted by molar-refractivity contribution is -0.128. The standard InChI is InChI=1S/C21H22ClFN2O4/c1-28-18-6-3-13(9-19(18)29-2)7-8-25-12-14(10-20(25)26)21(27)24-17-5-4-15(22)11-16(17)23/h3-6,9,11,14H,7-8,10,12H2,1-2H3,(H,24,27). The molecule has 0 aromatic heterocycles. The number of ether oxygens (including phenoxy) is 2. The number of methoxy groups -OCH3 is 2. The lowest BCUT2D eigenvalue weighted by atomic mass is 10.1. The molecule has 1 heterocycles. The maximum atomic E-state index is 13.9. The van der Waals surface area contributed by atoms with Gasteiger partial charge in [0.2, 0.25) is 11.8 Å². The minimum absolute atomic E-state index is 0.0515. The molecule has 6 nitrogen and oxygen atoms in total. The van der Waals surface area contributed by atoms with E-state index in [4.69, 9.17) is 21.1 Å². The van der Waals surface area contributed by atoms with Gasteiger partial charge in [0.25, 0.3) is 0 Å². The van der Waals surface area contributed by atoms with Gasteiger partial charge < -0.3 is 19.7 Å². The zero-order chi connectivity index (χ0) is 21.0. The van der Waals surface area contributed by atoms with Crippen molar-refractivity contribution in [1.29, 1.82) is 0 Å². The van der Waals surface area contributed by atoms with Crippen LogP contribution in [0.4, 0.5) is 10.1 Å². The second kappa shape index (κ2) is 9.13. The summed E-state index contributed by atoms with van der Waals surface area (Å²) in [5, 5.41) is 2.79. The van der Waals surface area contributed by atoms with E-state index < -0.39 is 11.7 Å². The first kappa shape index (κ1) is 20.9. The number of carbonyl (C=O) groups is 2. The molecule has 154 valence electrons. The fraction of sp³-hybridized carbons (Fsp3) is 0.333. The van der Waals surface area contributed by atoms with E-state index in [1.54, 1.807) is 19.1 Å². The van der Waals surface area contributed by atoms with E-state index in [1.807, 2.05) is 18.2 Å². The van der Waals surface area contributed by atoms with Crippen molar-refractivity contribution in [3.8, 4) is 11.5 Å². The van der Waals surface area contributed by atoms with Crippen molar-refractivity contribution < 1.29 is 23.5 Å². The van der Waals surface area contributed by atoms with Gasteiger partial charge in [0.1, 0.15) is 5.82 Å². The van der Waals surface area contributed by atoms with Crippen molar-refractivity contribution in [3.63, 3.8) is 0 Å². The van der Waals surface area contributed by atoms with Gasteiger partial charge in [0.05, 0.1) is 25.8 Å². The molecule has 29 heavy (non-hydrogen) atoms. The van der Waals surface area contributed by atoms with Crippen LogP contribution in [0.25, 0.3) is 0 Å². The minimum Gasteiger partial charge on any atom is -0.493 e. The average molecular weight is 421 g/mol. The van der Waals surface area contributed by atoms with Gasteiger partial charge in [0, 0.05) is 24.5 Å². The van der Waals surface area contributed by atoms with Gasteiger partial charge in [-0.15, -0.1) is 0 Å². The molecule has 3 rings (SSSR count). The second-order valence-electron chi connectivity index (χ2n) is 6.79. The Kier molecular flexibility index (Phi) is 6.59. The van der Waals surface area contributed by atoms with Crippen LogP contribution < -0.4 is 14.8 Å². The SMILES string of the molecule is COc1ccc(CCN2CC(C(=O)Nc3ccc(Cl)cc3F)CC2=O)cc1OC. The Morgan fingerprint density at radius 3 is 2.66 bits per heavy atom. The summed E-state index contributed by atoms with van der Waals surface area (Å²) in [4.78, 5) is 26.4. The Labute approximate surface area is 173 Å². The van der Waals surface area contributed by atoms with Crippen LogP contribution in [0.3, 0.4) is 0 Å². The highest BCUT2D eigenvalue weighted by Crippen LogP contribution is 2.28. The Bertz CT molecular complexity index is 922. The molecule has 1 aliphatic heterocycles. The van der Waals surface area contributed by atoms with Gasteiger partial charge in [-0.3, -0.25) is 9.59 Å². The van der Waals surface area contributed by atoms with E-state index in [1.165, 1.54) is 12.1 Å². The first-order valence-electron chi connectivity index (χ1n) is 9.16. The molecule has 1 N–H and O–H groups in total. The third kappa shape index (κ3) is 4.98. The molecule has 2 amide bonds. The number of nitrogens with one attached hydrogen (secondary N) is 1. The predicted molar refractivity (Wildman–Crippen MR) is 108 cm³/mol. The van der Waals surface area contributed by atoms with Crippen molar-refractivity contribution in [2.24, 2.45) is 5.92 Å². The summed E-state index contributed by atoms with van der Waals surface area (Å²) in [6.45, 7) is 0.778. The van der Waals surface area contributed by atoms with E-state index in [0.717, 1.165) is 11.6 Å². The lowest BCUT2D eigenvalue weighted by Gasteiger charge is -2.17. The highest BCUT2D eigenvalue weighted by Gasteiger charge is 2.34. The number of nitrogens with zero attached hydrogens (tertiary/aromatic N) is 1. The van der Waals surface area contributed by atoms with Crippen molar-refractivity contribution in [1.82, 2.24) is 4.90 Å². The summed E-state index contributed by atoms with van der Waals surface area (Å²) in [5.74, 6) is -0.349. The van der Waals surface area contributed by atoms with Gasteiger partial charge in [-0.2, -0.15) is 0 Å². The molecule has 2 aromatic rings. The van der Waals surface area contributed by atoms with Gasteiger partial charge >= 0.3 is 0 Å². The molecule has 1 unspecified atom stereocenters. The largest absolute Gasteiger partial charge is 0.493 e. The first-order valence-corrected chi connectivity index (χ1v) is 9.53. The molecule has 0 spiro atoms. The highest BCUT2D eigenvalue weighted by molar-refractivity contribution is 6.30. The molecule has 2 aromatic carbocycles. The van der Waals surface area contributed by atoms with Gasteiger partial charge in [0.15, 0.2) is 11.5 Å². The maximum Gasteiger partial charge on any atom is 0.229 e. The number of benzene rings is 2. The van der Waals surface area contributed by atoms with E-state index in [2.05, 4.69) is 5.32 Å². The Balaban J connectivity index is 1.58. The topological polar surface area (TPSA) is 67.9 Å². The summed E-state index contributed by atoms with van der Waals surface area (Å²) < 4.78 is 24.4. The van der Waals surface area contributed by atoms with Gasteiger partial charge in [-0.05, 0) is 42.3 Å². The molecular formula is C21H22ClFN2O4. The smallest absolute Gasteiger partial charge is 0.229 e. The third-order valence-electron chi connectivity index (χ3n) is 4.89. The number of carbonyl (C=O) groups excluding carboxylic acids is 2. The van der Waals surface area contributed by atoms with Gasteiger partial charge in [-0.1, -0.05) is 17.7 Å². The van der Waals surface area contributed by atoms with E-state index in [0.29, 0.717) is 31.0 Å². The number of likely N-dealkylation sites (tertiary alicyclic amines) is 1. The summed E-state index contributed by atoms with van der Waals surface area (Å²) in [5.41, 5.74) is 1.04. The second-order valence-corrected chi connectivity index (χ2v) is 7.23. The number of amides is 2. The number of halogens is 2. The van der Waals surface area contributed by atoms with Crippen LogP contribution in [0.1, 0.15) is 12.0 Å². The molecule has 8 heteroatoms. The van der Waals surface area contributed by atoms with E-state index in [9.17, 15) is 14.0 Å². The number of hydrogen-bond donors (Lipinski definition) is 1. The molecule has 0 bridgehead atoms. The normalized spacial score (nSPS) is 16.1. The fourth-order valence-electron chi connectivity index (χ4n) is 3.29. The molecular weight excluding hydrogens is 399 g/mol. The predicted octanol–water partition coefficient (Wildman–Crippen LogP) is 3.53. The Morgan fingerprint density at radius 2 is 1.97 bits per heavy atom. The molecule has 1 saturated heterocycles. The van der Waals surface area contributed by atoms with Crippen molar-refractivity contribution >= 4 is 29.1 Å². The molecule has 1 atom stereocenters. The molecule has 0 aliphatic carbocycles. The van der Waals surface area contributed by atoms with Crippen molar-refractivity contribution in [2.75, 3.05) is 32.6 Å². The maximum absolute atomic E-state index is 13.9. The number of rotatable bonds is 7. The fourth-order valence-corrected chi connectivity index (χ4v) is 3.45. The zero-order valence-electron chi connectivity index (χ0n) is 16.2. The molecule has 0 saturated carbocycles. The summed E-state index contributed by atoms with van der Waals surface area (Å²) in [7, 11) is 3.14. The van der Waals surface area contributed by atoms with Crippen LogP contribution in [0.2, 0.25) is 5.02 Å². The summed E-state index contributed by atoms with van der Waals surface area (Å²) in [6.07, 6.45) is 0.721. The van der Waals surface area contributed by atoms with Crippen molar-refractivity contribution in [3.05, 3.63) is 52.8 Å². The van der Waals surface area contributed by atoms with Crippen LogP contribution in [-0.4, -0.2) is 44.0 Å². The quantitative estimate of drug-likeness (QED) is 0.744. The molecule has 1 aliphatic rings. The molecule has 0 radical (unpaired) electrons. The summed E-state index contributed by atoms with van der Waals surface area (Å²) in [6, 6.07) is 9.63. The van der Waals surface area contributed by atoms with Crippen LogP contribution >= 0.6 is 11.6 Å². The van der Waals surface area contributed by atoms with Gasteiger partial charge in [-0.25, -0.2) is 4.39 Å². The molecule has 1 fully saturated rings. The number of hydrogen-bond acceptors (Lipinski definition) is 4. The van der Waals surface area contributed by atoms with Crippen LogP contribution in [0.15, 0.2) is 36.4 Å². The van der Waals surface area contributed by atoms with Crippen LogP contribution in [0, 0.1) is 11.7 Å². The Morgan fingerprint density at radius 1 is 1.21 bits per heavy atom. The summed E-state index contributed by atoms with van der Waals surface area (Å²) >= 11 is 5.72.